The molecule has 1 aliphatic carbocycles. The highest BCUT2D eigenvalue weighted by atomic mass is 35.5. The molecule has 256 valence electrons. The average Bonchev–Trinajstić information content (AvgIpc) is 3.68. The monoisotopic (exact) mass is 710 g/mol. The van der Waals surface area contributed by atoms with E-state index in [0.717, 1.165) is 23.5 Å². The van der Waals surface area contributed by atoms with Gasteiger partial charge >= 0.3 is 18.2 Å². The van der Waals surface area contributed by atoms with Gasteiger partial charge in [0.1, 0.15) is 30.1 Å². The normalized spacial score (nSPS) is 19.3. The molecule has 1 aromatic carbocycles. The molecule has 1 saturated heterocycles. The first-order valence-electron chi connectivity index (χ1n) is 15.0. The van der Waals surface area contributed by atoms with Crippen LogP contribution >= 0.6 is 23.2 Å². The number of ether oxygens (including phenoxy) is 1. The highest BCUT2D eigenvalue weighted by molar-refractivity contribution is 6.34. The highest BCUT2D eigenvalue weighted by Gasteiger charge is 2.46. The summed E-state index contributed by atoms with van der Waals surface area (Å²) in [4.78, 5) is 31.7. The summed E-state index contributed by atoms with van der Waals surface area (Å²) in [7, 11) is 3.85. The quantitative estimate of drug-likeness (QED) is 0.250. The van der Waals surface area contributed by atoms with Crippen molar-refractivity contribution >= 4 is 51.8 Å². The van der Waals surface area contributed by atoms with Gasteiger partial charge in [-0.2, -0.15) is 23.1 Å². The molecule has 2 atom stereocenters. The summed E-state index contributed by atoms with van der Waals surface area (Å²) in [6.45, 7) is 5.52. The van der Waals surface area contributed by atoms with E-state index >= 15 is 4.39 Å². The van der Waals surface area contributed by atoms with Crippen LogP contribution in [0.2, 0.25) is 10.3 Å². The summed E-state index contributed by atoms with van der Waals surface area (Å²) >= 11 is 12.7. The summed E-state index contributed by atoms with van der Waals surface area (Å²) in [6, 6.07) is 0.998. The van der Waals surface area contributed by atoms with E-state index in [9.17, 15) is 18.0 Å². The first kappa shape index (κ1) is 33.9. The van der Waals surface area contributed by atoms with Crippen molar-refractivity contribution in [2.24, 2.45) is 0 Å². The Hall–Kier alpha value is -4.02. The molecule has 1 saturated carbocycles. The van der Waals surface area contributed by atoms with Gasteiger partial charge in [0.05, 0.1) is 27.4 Å². The Morgan fingerprint density at radius 1 is 1.12 bits per heavy atom. The molecule has 1 aliphatic heterocycles. The molecule has 2 aliphatic rings. The lowest BCUT2D eigenvalue weighted by Crippen LogP contribution is -2.59. The fourth-order valence-electron chi connectivity index (χ4n) is 6.14. The molecular formula is C30H32Cl2F4N10O2. The number of amides is 1. The Bertz CT molecular complexity index is 1920. The number of fused-ring (bicyclic) bond motifs is 1. The minimum atomic E-state index is -4.89. The van der Waals surface area contributed by atoms with Crippen LogP contribution in [-0.2, 0) is 6.18 Å². The van der Waals surface area contributed by atoms with Crippen molar-refractivity contribution in [2.75, 3.05) is 44.4 Å². The third kappa shape index (κ3) is 5.94. The van der Waals surface area contributed by atoms with Crippen LogP contribution in [0.4, 0.5) is 34.0 Å². The van der Waals surface area contributed by atoms with Crippen molar-refractivity contribution in [3.63, 3.8) is 0 Å². The summed E-state index contributed by atoms with van der Waals surface area (Å²) < 4.78 is 66.8. The van der Waals surface area contributed by atoms with Gasteiger partial charge in [0.15, 0.2) is 5.82 Å². The van der Waals surface area contributed by atoms with E-state index in [2.05, 4.69) is 25.1 Å². The Morgan fingerprint density at radius 3 is 2.44 bits per heavy atom. The van der Waals surface area contributed by atoms with Gasteiger partial charge in [-0.1, -0.05) is 11.6 Å². The molecule has 18 heteroatoms. The molecule has 0 radical (unpaired) electrons. The Labute approximate surface area is 282 Å². The fourth-order valence-corrected chi connectivity index (χ4v) is 6.58. The molecule has 6 rings (SSSR count). The third-order valence-corrected chi connectivity index (χ3v) is 9.62. The van der Waals surface area contributed by atoms with Gasteiger partial charge in [0.25, 0.3) is 0 Å². The molecule has 0 unspecified atom stereocenters. The van der Waals surface area contributed by atoms with Crippen LogP contribution in [0, 0.1) is 12.7 Å². The van der Waals surface area contributed by atoms with Gasteiger partial charge in [-0.15, -0.1) is 10.2 Å². The molecule has 1 amide bonds. The van der Waals surface area contributed by atoms with Gasteiger partial charge < -0.3 is 25.2 Å². The zero-order valence-electron chi connectivity index (χ0n) is 26.6. The largest absolute Gasteiger partial charge is 0.461 e. The number of benzene rings is 1. The molecule has 2 fully saturated rings. The first-order valence-corrected chi connectivity index (χ1v) is 15.8. The summed E-state index contributed by atoms with van der Waals surface area (Å²) in [6.07, 6.45) is -1.92. The molecule has 2 N–H and O–H groups in total. The number of alkyl halides is 3. The zero-order valence-corrected chi connectivity index (χ0v) is 28.1. The molecule has 4 aromatic rings. The second kappa shape index (κ2) is 12.1. The van der Waals surface area contributed by atoms with Crippen LogP contribution in [0.15, 0.2) is 18.5 Å². The number of aryl methyl sites for hydroxylation is 1. The minimum Gasteiger partial charge on any atom is -0.461 e. The van der Waals surface area contributed by atoms with Crippen molar-refractivity contribution in [1.82, 2.24) is 39.5 Å². The zero-order chi connectivity index (χ0) is 34.9. The predicted octanol–water partition coefficient (Wildman–Crippen LogP) is 5.68. The first-order chi connectivity index (χ1) is 22.5. The van der Waals surface area contributed by atoms with E-state index in [-0.39, 0.29) is 75.7 Å². The minimum absolute atomic E-state index is 0.0866. The van der Waals surface area contributed by atoms with Crippen LogP contribution in [0.25, 0.3) is 22.2 Å². The highest BCUT2D eigenvalue weighted by Crippen LogP contribution is 2.45. The van der Waals surface area contributed by atoms with E-state index in [0.29, 0.717) is 0 Å². The molecule has 0 bridgehead atoms. The van der Waals surface area contributed by atoms with Crippen LogP contribution in [0.5, 0.6) is 6.01 Å². The molecule has 48 heavy (non-hydrogen) atoms. The van der Waals surface area contributed by atoms with Gasteiger partial charge in [-0.25, -0.2) is 18.7 Å². The second-order valence-electron chi connectivity index (χ2n) is 12.5. The summed E-state index contributed by atoms with van der Waals surface area (Å²) in [5, 5.41) is 7.06. The van der Waals surface area contributed by atoms with Gasteiger partial charge in [0, 0.05) is 30.6 Å². The van der Waals surface area contributed by atoms with E-state index < -0.39 is 40.9 Å². The Morgan fingerprint density at radius 2 is 1.83 bits per heavy atom. The van der Waals surface area contributed by atoms with Crippen LogP contribution < -0.4 is 15.4 Å². The number of likely N-dealkylation sites (N-methyl/N-ethyl adjacent to an activating group) is 1. The molecular weight excluding hydrogens is 679 g/mol. The average molecular weight is 712 g/mol. The van der Waals surface area contributed by atoms with Crippen molar-refractivity contribution in [3.8, 4) is 17.3 Å². The smallest absolute Gasteiger partial charge is 0.418 e. The number of nitrogens with zero attached hydrogens (tertiary/aromatic N) is 9. The number of anilines is 2. The second-order valence-corrected chi connectivity index (χ2v) is 13.3. The topological polar surface area (TPSA) is 131 Å². The summed E-state index contributed by atoms with van der Waals surface area (Å²) in [5.41, 5.74) is 2.52. The maximum atomic E-state index is 16.7. The Balaban J connectivity index is 1.49. The SMILES string of the molecule is Cc1cc(N)nc(-c2c(Cl)cc3c(N4C[C@@H](C)N(C(=O)n5cnnc5Cl)C[C@@H]4C)nc(OCC4(N(C)C)CC4)nc3c2F)c1C(F)(F)F. The molecule has 12 nitrogen and oxygen atoms in total. The van der Waals surface area contributed by atoms with E-state index in [4.69, 9.17) is 33.7 Å². The van der Waals surface area contributed by atoms with Crippen LogP contribution in [0.3, 0.4) is 0 Å². The number of piperazine rings is 1. The van der Waals surface area contributed by atoms with Crippen molar-refractivity contribution in [1.29, 1.82) is 0 Å². The number of nitrogens with two attached hydrogens (primary N) is 1. The van der Waals surface area contributed by atoms with E-state index in [1.54, 1.807) is 4.90 Å². The number of nitrogen functional groups attached to an aromatic ring is 1. The molecule has 0 spiro atoms. The number of rotatable bonds is 6. The molecule has 3 aromatic heterocycles. The number of halogens is 6. The van der Waals surface area contributed by atoms with Crippen molar-refractivity contribution < 1.29 is 27.1 Å². The predicted molar refractivity (Wildman–Crippen MR) is 172 cm³/mol. The van der Waals surface area contributed by atoms with Crippen molar-refractivity contribution in [2.45, 2.75) is 57.4 Å². The number of carbonyl (C=O) groups excluding carboxylic acids is 1. The van der Waals surface area contributed by atoms with E-state index in [1.807, 2.05) is 37.7 Å². The maximum absolute atomic E-state index is 16.7. The summed E-state index contributed by atoms with van der Waals surface area (Å²) in [5.74, 6) is -1.14. The van der Waals surface area contributed by atoms with Crippen LogP contribution in [0.1, 0.15) is 37.8 Å². The van der Waals surface area contributed by atoms with Crippen LogP contribution in [-0.4, -0.2) is 97.0 Å². The number of carbonyl (C=O) groups is 1. The number of hydrogen-bond donors (Lipinski definition) is 1. The van der Waals surface area contributed by atoms with E-state index in [1.165, 1.54) is 19.3 Å². The van der Waals surface area contributed by atoms with Gasteiger partial charge in [0.2, 0.25) is 5.28 Å². The lowest BCUT2D eigenvalue weighted by atomic mass is 9.98. The lowest BCUT2D eigenvalue weighted by Gasteiger charge is -2.44. The number of hydrogen-bond acceptors (Lipinski definition) is 10. The third-order valence-electron chi connectivity index (χ3n) is 9.06. The fraction of sp³-hybridized carbons (Fsp3) is 0.467. The number of aromatic nitrogens is 6. The van der Waals surface area contributed by atoms with Gasteiger partial charge in [-0.05, 0) is 77.0 Å². The lowest BCUT2D eigenvalue weighted by molar-refractivity contribution is -0.137. The number of pyridine rings is 1. The standard InChI is InChI=1S/C30H32Cl2F4N10O2/c1-14-8-19(37)39-24(21(14)30(34,35)36)20-18(31)9-17-23(22(20)33)40-27(48-12-29(6-7-29)43(4)5)41-25(17)44-10-16(3)45(11-15(44)2)28(47)46-13-38-42-26(46)32/h8-9,13,15-16H,6-7,10-12H2,1-5H3,(H2,37,39)/t15-,16+/m0/s1. The van der Waals surface area contributed by atoms with Gasteiger partial charge in [-0.3, -0.25) is 0 Å². The maximum Gasteiger partial charge on any atom is 0.418 e. The van der Waals surface area contributed by atoms with Crippen molar-refractivity contribution in [3.05, 3.63) is 45.7 Å². The Kier molecular flexibility index (Phi) is 8.57. The molecule has 4 heterocycles.